The van der Waals surface area contributed by atoms with E-state index in [-0.39, 0.29) is 11.5 Å². The first-order chi connectivity index (χ1) is 5.17. The van der Waals surface area contributed by atoms with Crippen molar-refractivity contribution in [3.05, 3.63) is 0 Å². The van der Waals surface area contributed by atoms with E-state index in [1.54, 1.807) is 0 Å². The second kappa shape index (κ2) is 3.28. The Morgan fingerprint density at radius 1 is 1.45 bits per heavy atom. The van der Waals surface area contributed by atoms with Gasteiger partial charge in [-0.3, -0.25) is 0 Å². The van der Waals surface area contributed by atoms with Crippen LogP contribution in [0.5, 0.6) is 0 Å². The molecule has 1 fully saturated rings. The van der Waals surface area contributed by atoms with Crippen LogP contribution >= 0.6 is 0 Å². The predicted molar refractivity (Wildman–Crippen MR) is 46.2 cm³/mol. The Morgan fingerprint density at radius 3 is 2.64 bits per heavy atom. The largest absolute Gasteiger partial charge is 0.377 e. The maximum absolute atomic E-state index is 5.59. The van der Waals surface area contributed by atoms with E-state index in [9.17, 15) is 0 Å². The van der Waals surface area contributed by atoms with Gasteiger partial charge in [-0.2, -0.15) is 0 Å². The number of terminal acetylenes is 1. The first kappa shape index (κ1) is 8.62. The number of hydrogen-bond acceptors (Lipinski definition) is 1. The second-order valence-corrected chi connectivity index (χ2v) is 3.72. The normalized spacial score (nSPS) is 26.1. The van der Waals surface area contributed by atoms with Crippen LogP contribution in [0, 0.1) is 17.8 Å². The van der Waals surface area contributed by atoms with Gasteiger partial charge in [-0.1, -0.05) is 5.92 Å². The molecule has 1 nitrogen and oxygen atoms in total. The summed E-state index contributed by atoms with van der Waals surface area (Å²) in [5, 5.41) is 0. The van der Waals surface area contributed by atoms with Gasteiger partial charge in [0.05, 0.1) is 11.5 Å². The van der Waals surface area contributed by atoms with Crippen molar-refractivity contribution >= 4 is 0 Å². The van der Waals surface area contributed by atoms with Crippen molar-refractivity contribution in [3.8, 4) is 12.3 Å². The van der Waals surface area contributed by atoms with Gasteiger partial charge in [0.15, 0.2) is 0 Å². The van der Waals surface area contributed by atoms with Gasteiger partial charge in [-0.05, 0) is 33.1 Å². The average Bonchev–Trinajstić information content (AvgIpc) is 2.06. The molecule has 0 aliphatic carbocycles. The SMILES string of the molecule is C#CC(C)(C)C1CCCCO1. The van der Waals surface area contributed by atoms with E-state index in [1.165, 1.54) is 12.8 Å². The van der Waals surface area contributed by atoms with E-state index in [0.29, 0.717) is 0 Å². The van der Waals surface area contributed by atoms with E-state index in [2.05, 4.69) is 19.8 Å². The van der Waals surface area contributed by atoms with Crippen LogP contribution in [0.1, 0.15) is 33.1 Å². The predicted octanol–water partition coefficient (Wildman–Crippen LogP) is 2.21. The van der Waals surface area contributed by atoms with E-state index in [1.807, 2.05) is 0 Å². The van der Waals surface area contributed by atoms with Gasteiger partial charge in [0.25, 0.3) is 0 Å². The van der Waals surface area contributed by atoms with Gasteiger partial charge in [-0.25, -0.2) is 0 Å². The molecular weight excluding hydrogens is 136 g/mol. The first-order valence-electron chi connectivity index (χ1n) is 4.26. The van der Waals surface area contributed by atoms with Gasteiger partial charge in [0.1, 0.15) is 0 Å². The van der Waals surface area contributed by atoms with Crippen molar-refractivity contribution in [3.63, 3.8) is 0 Å². The summed E-state index contributed by atoms with van der Waals surface area (Å²) in [7, 11) is 0. The molecule has 1 unspecified atom stereocenters. The summed E-state index contributed by atoms with van der Waals surface area (Å²) in [6.07, 6.45) is 9.26. The Balaban J connectivity index is 2.52. The van der Waals surface area contributed by atoms with Crippen LogP contribution in [-0.4, -0.2) is 12.7 Å². The molecule has 0 aromatic rings. The highest BCUT2D eigenvalue weighted by molar-refractivity contribution is 5.05. The molecular formula is C10H16O. The molecule has 0 spiro atoms. The fraction of sp³-hybridized carbons (Fsp3) is 0.800. The Morgan fingerprint density at radius 2 is 2.18 bits per heavy atom. The zero-order valence-electron chi connectivity index (χ0n) is 7.39. The summed E-state index contributed by atoms with van der Waals surface area (Å²) in [4.78, 5) is 0. The summed E-state index contributed by atoms with van der Waals surface area (Å²) in [5.41, 5.74) is -0.0829. The molecule has 0 bridgehead atoms. The van der Waals surface area contributed by atoms with Crippen molar-refractivity contribution in [1.82, 2.24) is 0 Å². The standard InChI is InChI=1S/C10H16O/c1-4-10(2,3)9-7-5-6-8-11-9/h1,9H,5-8H2,2-3H3. The quantitative estimate of drug-likeness (QED) is 0.523. The van der Waals surface area contributed by atoms with E-state index in [4.69, 9.17) is 11.2 Å². The van der Waals surface area contributed by atoms with Crippen LogP contribution in [0.25, 0.3) is 0 Å². The zero-order valence-corrected chi connectivity index (χ0v) is 7.39. The highest BCUT2D eigenvalue weighted by Gasteiger charge is 2.29. The molecule has 0 N–H and O–H groups in total. The van der Waals surface area contributed by atoms with Gasteiger partial charge in [-0.15, -0.1) is 6.42 Å². The number of rotatable bonds is 1. The van der Waals surface area contributed by atoms with Crippen molar-refractivity contribution in [2.24, 2.45) is 5.41 Å². The lowest BCUT2D eigenvalue weighted by Gasteiger charge is -2.32. The van der Waals surface area contributed by atoms with Crippen LogP contribution < -0.4 is 0 Å². The van der Waals surface area contributed by atoms with Crippen LogP contribution in [0.15, 0.2) is 0 Å². The van der Waals surface area contributed by atoms with Crippen molar-refractivity contribution in [1.29, 1.82) is 0 Å². The molecule has 0 aromatic carbocycles. The molecule has 0 aromatic heterocycles. The van der Waals surface area contributed by atoms with Crippen molar-refractivity contribution in [2.75, 3.05) is 6.61 Å². The van der Waals surface area contributed by atoms with Gasteiger partial charge in [0.2, 0.25) is 0 Å². The Labute approximate surface area is 69.1 Å². The lowest BCUT2D eigenvalue weighted by Crippen LogP contribution is -2.33. The van der Waals surface area contributed by atoms with Crippen molar-refractivity contribution in [2.45, 2.75) is 39.2 Å². The van der Waals surface area contributed by atoms with Gasteiger partial charge < -0.3 is 4.74 Å². The Bertz CT molecular complexity index is 158. The number of hydrogen-bond donors (Lipinski definition) is 0. The summed E-state index contributed by atoms with van der Waals surface area (Å²) in [6, 6.07) is 0. The fourth-order valence-corrected chi connectivity index (χ4v) is 1.40. The maximum atomic E-state index is 5.59. The lowest BCUT2D eigenvalue weighted by atomic mass is 9.84. The molecule has 1 saturated heterocycles. The minimum Gasteiger partial charge on any atom is -0.377 e. The van der Waals surface area contributed by atoms with E-state index in [0.717, 1.165) is 13.0 Å². The molecule has 1 atom stereocenters. The Hall–Kier alpha value is -0.480. The topological polar surface area (TPSA) is 9.23 Å². The smallest absolute Gasteiger partial charge is 0.0735 e. The highest BCUT2D eigenvalue weighted by Crippen LogP contribution is 2.29. The molecule has 11 heavy (non-hydrogen) atoms. The molecule has 1 rings (SSSR count). The monoisotopic (exact) mass is 152 g/mol. The highest BCUT2D eigenvalue weighted by atomic mass is 16.5. The van der Waals surface area contributed by atoms with Crippen LogP contribution in [0.2, 0.25) is 0 Å². The fourth-order valence-electron chi connectivity index (χ4n) is 1.40. The third-order valence-corrected chi connectivity index (χ3v) is 2.36. The van der Waals surface area contributed by atoms with E-state index < -0.39 is 0 Å². The lowest BCUT2D eigenvalue weighted by molar-refractivity contribution is -0.0333. The third kappa shape index (κ3) is 1.97. The average molecular weight is 152 g/mol. The molecule has 62 valence electrons. The molecule has 0 radical (unpaired) electrons. The molecule has 0 amide bonds. The summed E-state index contributed by atoms with van der Waals surface area (Å²) >= 11 is 0. The molecule has 1 heteroatoms. The van der Waals surface area contributed by atoms with Crippen molar-refractivity contribution < 1.29 is 4.74 Å². The van der Waals surface area contributed by atoms with Crippen LogP contribution in [0.4, 0.5) is 0 Å². The third-order valence-electron chi connectivity index (χ3n) is 2.36. The summed E-state index contributed by atoms with van der Waals surface area (Å²) in [6.45, 7) is 5.03. The molecule has 1 aliphatic rings. The molecule has 1 aliphatic heterocycles. The summed E-state index contributed by atoms with van der Waals surface area (Å²) in [5.74, 6) is 2.79. The zero-order chi connectivity index (χ0) is 8.32. The second-order valence-electron chi connectivity index (χ2n) is 3.72. The molecule has 0 saturated carbocycles. The number of ether oxygens (including phenoxy) is 1. The minimum atomic E-state index is -0.0829. The summed E-state index contributed by atoms with van der Waals surface area (Å²) < 4.78 is 5.59. The van der Waals surface area contributed by atoms with Crippen LogP contribution in [0.3, 0.4) is 0 Å². The maximum Gasteiger partial charge on any atom is 0.0735 e. The first-order valence-corrected chi connectivity index (χ1v) is 4.26. The van der Waals surface area contributed by atoms with Gasteiger partial charge in [0, 0.05) is 6.61 Å². The van der Waals surface area contributed by atoms with Crippen LogP contribution in [-0.2, 0) is 4.74 Å². The van der Waals surface area contributed by atoms with E-state index >= 15 is 0 Å². The van der Waals surface area contributed by atoms with Gasteiger partial charge >= 0.3 is 0 Å². The minimum absolute atomic E-state index is 0.0829. The molecule has 1 heterocycles. The Kier molecular flexibility index (Phi) is 2.57.